The molecule has 0 aliphatic rings. The van der Waals surface area contributed by atoms with Crippen LogP contribution in [-0.2, 0) is 11.3 Å². The summed E-state index contributed by atoms with van der Waals surface area (Å²) in [5.41, 5.74) is 0.986. The van der Waals surface area contributed by atoms with Gasteiger partial charge in [0.1, 0.15) is 0 Å². The summed E-state index contributed by atoms with van der Waals surface area (Å²) < 4.78 is 5.99. The minimum Gasteiger partial charge on any atom is -0.380 e. The van der Waals surface area contributed by atoms with E-state index < -0.39 is 0 Å². The highest BCUT2D eigenvalue weighted by molar-refractivity contribution is 9.10. The summed E-state index contributed by atoms with van der Waals surface area (Å²) in [5, 5.41) is 14.0. The molecule has 0 fully saturated rings. The predicted octanol–water partition coefficient (Wildman–Crippen LogP) is 3.51. The van der Waals surface area contributed by atoms with E-state index in [4.69, 9.17) is 4.74 Å². The second-order valence-corrected chi connectivity index (χ2v) is 5.87. The lowest BCUT2D eigenvalue weighted by Gasteiger charge is -2.08. The van der Waals surface area contributed by atoms with Crippen LogP contribution in [0.25, 0.3) is 0 Å². The highest BCUT2D eigenvalue weighted by atomic mass is 79.9. The van der Waals surface area contributed by atoms with Crippen molar-refractivity contribution in [1.82, 2.24) is 5.32 Å². The number of nitro groups is 1. The predicted molar refractivity (Wildman–Crippen MR) is 82.8 cm³/mol. The summed E-state index contributed by atoms with van der Waals surface area (Å²) in [5.74, 6) is 0.659. The van der Waals surface area contributed by atoms with Crippen molar-refractivity contribution in [1.29, 1.82) is 0 Å². The second kappa shape index (κ2) is 9.05. The van der Waals surface area contributed by atoms with E-state index in [1.807, 2.05) is 6.07 Å². The van der Waals surface area contributed by atoms with E-state index in [1.165, 1.54) is 0 Å². The Morgan fingerprint density at radius 1 is 1.40 bits per heavy atom. The van der Waals surface area contributed by atoms with Gasteiger partial charge in [-0.25, -0.2) is 0 Å². The van der Waals surface area contributed by atoms with Gasteiger partial charge in [-0.15, -0.1) is 0 Å². The van der Waals surface area contributed by atoms with Gasteiger partial charge in [-0.05, 0) is 39.9 Å². The summed E-state index contributed by atoms with van der Waals surface area (Å²) in [7, 11) is 0. The molecule has 0 amide bonds. The molecule has 0 aromatic heterocycles. The lowest BCUT2D eigenvalue weighted by molar-refractivity contribution is -0.385. The Balaban J connectivity index is 2.25. The third-order valence-electron chi connectivity index (χ3n) is 2.80. The van der Waals surface area contributed by atoms with Gasteiger partial charge < -0.3 is 10.1 Å². The summed E-state index contributed by atoms with van der Waals surface area (Å²) in [6.45, 7) is 7.11. The Labute approximate surface area is 128 Å². The average molecular weight is 345 g/mol. The van der Waals surface area contributed by atoms with Crippen LogP contribution in [0.5, 0.6) is 0 Å². The third-order valence-corrected chi connectivity index (χ3v) is 3.47. The van der Waals surface area contributed by atoms with Gasteiger partial charge in [0.15, 0.2) is 0 Å². The zero-order chi connectivity index (χ0) is 15.0. The summed E-state index contributed by atoms with van der Waals surface area (Å²) >= 11 is 3.17. The van der Waals surface area contributed by atoms with Crippen LogP contribution in [0.1, 0.15) is 25.8 Å². The van der Waals surface area contributed by atoms with Gasteiger partial charge in [-0.2, -0.15) is 0 Å². The zero-order valence-corrected chi connectivity index (χ0v) is 13.5. The highest BCUT2D eigenvalue weighted by Gasteiger charge is 2.11. The first kappa shape index (κ1) is 17.1. The van der Waals surface area contributed by atoms with Crippen molar-refractivity contribution in [2.75, 3.05) is 19.8 Å². The molecule has 0 saturated carbocycles. The van der Waals surface area contributed by atoms with Crippen molar-refractivity contribution >= 4 is 21.6 Å². The molecular weight excluding hydrogens is 324 g/mol. The first-order chi connectivity index (χ1) is 9.50. The number of hydrogen-bond acceptors (Lipinski definition) is 4. The molecule has 6 heteroatoms. The molecule has 0 aliphatic carbocycles. The first-order valence-corrected chi connectivity index (χ1v) is 7.51. The third kappa shape index (κ3) is 6.45. The lowest BCUT2D eigenvalue weighted by Crippen LogP contribution is -2.19. The van der Waals surface area contributed by atoms with E-state index >= 15 is 0 Å². The molecule has 5 nitrogen and oxygen atoms in total. The van der Waals surface area contributed by atoms with Crippen LogP contribution in [0, 0.1) is 16.0 Å². The number of ether oxygens (including phenoxy) is 1. The molecule has 0 unspecified atom stereocenters. The van der Waals surface area contributed by atoms with Crippen LogP contribution in [-0.4, -0.2) is 24.7 Å². The van der Waals surface area contributed by atoms with Crippen LogP contribution >= 0.6 is 15.9 Å². The van der Waals surface area contributed by atoms with Gasteiger partial charge in [0.2, 0.25) is 0 Å². The van der Waals surface area contributed by atoms with E-state index in [0.29, 0.717) is 23.5 Å². The zero-order valence-electron chi connectivity index (χ0n) is 11.9. The van der Waals surface area contributed by atoms with Crippen molar-refractivity contribution in [2.24, 2.45) is 5.92 Å². The van der Waals surface area contributed by atoms with Crippen LogP contribution in [0.4, 0.5) is 5.69 Å². The first-order valence-electron chi connectivity index (χ1n) is 6.72. The Hall–Kier alpha value is -0.980. The number of halogens is 1. The van der Waals surface area contributed by atoms with Gasteiger partial charge in [-0.1, -0.05) is 19.9 Å². The Morgan fingerprint density at radius 3 is 2.80 bits per heavy atom. The van der Waals surface area contributed by atoms with Gasteiger partial charge in [-0.3, -0.25) is 10.1 Å². The molecule has 0 radical (unpaired) electrons. The normalized spacial score (nSPS) is 11.0. The Kier molecular flexibility index (Phi) is 7.72. The molecule has 20 heavy (non-hydrogen) atoms. The average Bonchev–Trinajstić information content (AvgIpc) is 2.38. The van der Waals surface area contributed by atoms with E-state index in [1.54, 1.807) is 12.1 Å². The van der Waals surface area contributed by atoms with E-state index in [0.717, 1.165) is 25.1 Å². The SMILES string of the molecule is CC(C)CCOCCNCc1ccc(Br)c([N+](=O)[O-])c1. The molecular formula is C14H21BrN2O3. The fourth-order valence-electron chi connectivity index (χ4n) is 1.61. The number of nitrogens with one attached hydrogen (secondary N) is 1. The smallest absolute Gasteiger partial charge is 0.283 e. The topological polar surface area (TPSA) is 64.4 Å². The van der Waals surface area contributed by atoms with Crippen LogP contribution in [0.3, 0.4) is 0 Å². The molecule has 0 saturated heterocycles. The summed E-state index contributed by atoms with van der Waals surface area (Å²) in [6.07, 6.45) is 1.07. The molecule has 1 aromatic carbocycles. The van der Waals surface area contributed by atoms with Gasteiger partial charge in [0, 0.05) is 25.8 Å². The Bertz CT molecular complexity index is 438. The van der Waals surface area contributed by atoms with Gasteiger partial charge in [0.25, 0.3) is 5.69 Å². The molecule has 1 aromatic rings. The molecule has 0 spiro atoms. The van der Waals surface area contributed by atoms with Crippen LogP contribution in [0.2, 0.25) is 0 Å². The standard InChI is InChI=1S/C14H21BrN2O3/c1-11(2)5-7-20-8-6-16-10-12-3-4-13(15)14(9-12)17(18)19/h3-4,9,11,16H,5-8,10H2,1-2H3. The van der Waals surface area contributed by atoms with Crippen molar-refractivity contribution in [2.45, 2.75) is 26.8 Å². The molecule has 112 valence electrons. The monoisotopic (exact) mass is 344 g/mol. The van der Waals surface area contributed by atoms with Gasteiger partial charge >= 0.3 is 0 Å². The van der Waals surface area contributed by atoms with Crippen molar-refractivity contribution in [3.63, 3.8) is 0 Å². The highest BCUT2D eigenvalue weighted by Crippen LogP contribution is 2.25. The number of hydrogen-bond donors (Lipinski definition) is 1. The molecule has 0 bridgehead atoms. The van der Waals surface area contributed by atoms with E-state index in [2.05, 4.69) is 35.1 Å². The quantitative estimate of drug-likeness (QED) is 0.423. The minimum atomic E-state index is -0.386. The number of benzene rings is 1. The van der Waals surface area contributed by atoms with Gasteiger partial charge in [0.05, 0.1) is 16.0 Å². The Morgan fingerprint density at radius 2 is 2.15 bits per heavy atom. The molecule has 0 atom stereocenters. The number of rotatable bonds is 9. The number of nitro benzene ring substituents is 1. The maximum atomic E-state index is 10.8. The van der Waals surface area contributed by atoms with E-state index in [-0.39, 0.29) is 10.6 Å². The van der Waals surface area contributed by atoms with E-state index in [9.17, 15) is 10.1 Å². The summed E-state index contributed by atoms with van der Waals surface area (Å²) in [6, 6.07) is 5.15. The number of nitrogens with zero attached hydrogens (tertiary/aromatic N) is 1. The lowest BCUT2D eigenvalue weighted by atomic mass is 10.1. The molecule has 1 N–H and O–H groups in total. The summed E-state index contributed by atoms with van der Waals surface area (Å²) in [4.78, 5) is 10.4. The minimum absolute atomic E-state index is 0.0949. The largest absolute Gasteiger partial charge is 0.380 e. The van der Waals surface area contributed by atoms with Crippen molar-refractivity contribution in [3.05, 3.63) is 38.3 Å². The fraction of sp³-hybridized carbons (Fsp3) is 0.571. The maximum Gasteiger partial charge on any atom is 0.283 e. The van der Waals surface area contributed by atoms with Crippen molar-refractivity contribution in [3.8, 4) is 0 Å². The van der Waals surface area contributed by atoms with Crippen LogP contribution < -0.4 is 5.32 Å². The van der Waals surface area contributed by atoms with Crippen molar-refractivity contribution < 1.29 is 9.66 Å². The fourth-order valence-corrected chi connectivity index (χ4v) is 2.00. The van der Waals surface area contributed by atoms with Crippen LogP contribution in [0.15, 0.2) is 22.7 Å². The molecule has 1 rings (SSSR count). The second-order valence-electron chi connectivity index (χ2n) is 5.01. The molecule has 0 heterocycles. The maximum absolute atomic E-state index is 10.8. The molecule has 0 aliphatic heterocycles.